The van der Waals surface area contributed by atoms with Crippen molar-refractivity contribution in [1.29, 1.82) is 0 Å². The first-order chi connectivity index (χ1) is 14.8. The monoisotopic (exact) mass is 446 g/mol. The number of benzene rings is 1. The molecule has 4 rings (SSSR count). The van der Waals surface area contributed by atoms with Crippen LogP contribution in [-0.4, -0.2) is 41.9 Å². The van der Waals surface area contributed by atoms with Crippen LogP contribution in [0.3, 0.4) is 0 Å². The lowest BCUT2D eigenvalue weighted by molar-refractivity contribution is -0.127. The van der Waals surface area contributed by atoms with Crippen molar-refractivity contribution in [3.63, 3.8) is 0 Å². The first-order valence-electron chi connectivity index (χ1n) is 11.0. The molecule has 2 aromatic rings. The lowest BCUT2D eigenvalue weighted by Crippen LogP contribution is -2.44. The van der Waals surface area contributed by atoms with E-state index in [2.05, 4.69) is 15.5 Å². The fourth-order valence-corrected chi connectivity index (χ4v) is 5.50. The van der Waals surface area contributed by atoms with Gasteiger partial charge in [0.25, 0.3) is 0 Å². The van der Waals surface area contributed by atoms with E-state index < -0.39 is 10.0 Å². The molecule has 9 heteroatoms. The molecule has 8 nitrogen and oxygen atoms in total. The van der Waals surface area contributed by atoms with E-state index in [1.54, 1.807) is 0 Å². The van der Waals surface area contributed by atoms with Gasteiger partial charge in [0.15, 0.2) is 5.82 Å². The minimum absolute atomic E-state index is 0.0133. The number of piperidine rings is 1. The van der Waals surface area contributed by atoms with Crippen LogP contribution in [0.25, 0.3) is 0 Å². The predicted molar refractivity (Wildman–Crippen MR) is 115 cm³/mol. The highest BCUT2D eigenvalue weighted by molar-refractivity contribution is 7.88. The van der Waals surface area contributed by atoms with Crippen molar-refractivity contribution in [2.75, 3.05) is 13.1 Å². The van der Waals surface area contributed by atoms with E-state index in [1.807, 2.05) is 44.2 Å². The number of nitrogens with one attached hydrogen (secondary N) is 1. The zero-order chi connectivity index (χ0) is 22.0. The number of sulfonamides is 1. The molecule has 2 aliphatic rings. The van der Waals surface area contributed by atoms with Gasteiger partial charge in [0.05, 0.1) is 5.75 Å². The Morgan fingerprint density at radius 2 is 1.84 bits per heavy atom. The highest BCUT2D eigenvalue weighted by Crippen LogP contribution is 2.38. The summed E-state index contributed by atoms with van der Waals surface area (Å²) in [5.74, 6) is 1.35. The number of rotatable bonds is 8. The summed E-state index contributed by atoms with van der Waals surface area (Å²) in [4.78, 5) is 17.4. The first kappa shape index (κ1) is 22.0. The number of hydrogen-bond donors (Lipinski definition) is 1. The molecule has 168 valence electrons. The van der Waals surface area contributed by atoms with Gasteiger partial charge in [-0.3, -0.25) is 4.79 Å². The fourth-order valence-electron chi connectivity index (χ4n) is 3.94. The molecule has 1 unspecified atom stereocenters. The number of carbonyl (C=O) groups is 1. The number of hydrogen-bond acceptors (Lipinski definition) is 6. The van der Waals surface area contributed by atoms with E-state index >= 15 is 0 Å². The second-order valence-corrected chi connectivity index (χ2v) is 10.9. The zero-order valence-corrected chi connectivity index (χ0v) is 18.8. The number of amides is 1. The van der Waals surface area contributed by atoms with Gasteiger partial charge in [-0.1, -0.05) is 49.3 Å². The molecule has 1 atom stereocenters. The third kappa shape index (κ3) is 5.33. The van der Waals surface area contributed by atoms with Crippen LogP contribution in [-0.2, 0) is 20.6 Å². The van der Waals surface area contributed by atoms with Gasteiger partial charge in [-0.2, -0.15) is 4.98 Å². The van der Waals surface area contributed by atoms with Crippen LogP contribution >= 0.6 is 0 Å². The summed E-state index contributed by atoms with van der Waals surface area (Å²) >= 11 is 0. The molecule has 1 aliphatic heterocycles. The molecule has 1 aliphatic carbocycles. The maximum atomic E-state index is 12.9. The topological polar surface area (TPSA) is 105 Å². The van der Waals surface area contributed by atoms with Gasteiger partial charge in [0, 0.05) is 24.9 Å². The highest BCUT2D eigenvalue weighted by Gasteiger charge is 2.35. The van der Waals surface area contributed by atoms with E-state index in [4.69, 9.17) is 4.52 Å². The van der Waals surface area contributed by atoms with E-state index in [9.17, 15) is 13.2 Å². The minimum Gasteiger partial charge on any atom is -0.344 e. The Kier molecular flexibility index (Phi) is 6.43. The van der Waals surface area contributed by atoms with Gasteiger partial charge in [0.2, 0.25) is 21.8 Å². The van der Waals surface area contributed by atoms with Gasteiger partial charge in [-0.05, 0) is 37.2 Å². The summed E-state index contributed by atoms with van der Waals surface area (Å²) in [5, 5.41) is 7.13. The smallest absolute Gasteiger partial charge is 0.249 e. The molecule has 1 saturated heterocycles. The zero-order valence-electron chi connectivity index (χ0n) is 18.0. The molecule has 1 amide bonds. The van der Waals surface area contributed by atoms with Crippen LogP contribution in [0.15, 0.2) is 34.9 Å². The molecule has 1 saturated carbocycles. The van der Waals surface area contributed by atoms with Crippen LogP contribution in [0.2, 0.25) is 0 Å². The van der Waals surface area contributed by atoms with E-state index in [1.165, 1.54) is 4.31 Å². The van der Waals surface area contributed by atoms with Crippen molar-refractivity contribution in [3.8, 4) is 0 Å². The molecular weight excluding hydrogens is 416 g/mol. The number of carbonyl (C=O) groups excluding carboxylic acids is 1. The molecule has 2 fully saturated rings. The van der Waals surface area contributed by atoms with Crippen molar-refractivity contribution in [1.82, 2.24) is 19.8 Å². The molecule has 0 radical (unpaired) electrons. The van der Waals surface area contributed by atoms with Crippen LogP contribution in [0, 0.1) is 11.8 Å². The third-order valence-corrected chi connectivity index (χ3v) is 7.89. The Hall–Kier alpha value is -2.26. The summed E-state index contributed by atoms with van der Waals surface area (Å²) in [6.45, 7) is 4.72. The average Bonchev–Trinajstić information content (AvgIpc) is 3.49. The fraction of sp³-hybridized carbons (Fsp3) is 0.591. The summed E-state index contributed by atoms with van der Waals surface area (Å²) in [6, 6.07) is 8.83. The van der Waals surface area contributed by atoms with Crippen molar-refractivity contribution in [2.45, 2.75) is 57.2 Å². The summed E-state index contributed by atoms with van der Waals surface area (Å²) in [6.07, 6.45) is 3.18. The Labute approximate surface area is 183 Å². The van der Waals surface area contributed by atoms with Crippen molar-refractivity contribution < 1.29 is 17.7 Å². The molecule has 1 aromatic heterocycles. The number of aromatic nitrogens is 2. The predicted octanol–water partition coefficient (Wildman–Crippen LogP) is 3.00. The van der Waals surface area contributed by atoms with Gasteiger partial charge < -0.3 is 9.84 Å². The van der Waals surface area contributed by atoms with Crippen molar-refractivity contribution >= 4 is 15.9 Å². The molecule has 0 bridgehead atoms. The Balaban J connectivity index is 1.33. The molecular formula is C22H30N4O4S. The van der Waals surface area contributed by atoms with E-state index in [-0.39, 0.29) is 29.5 Å². The highest BCUT2D eigenvalue weighted by atomic mass is 32.2. The van der Waals surface area contributed by atoms with Gasteiger partial charge in [-0.15, -0.1) is 0 Å². The molecule has 2 heterocycles. The SMILES string of the molecule is CC(C)C(NC(=O)C1CCN(S(=O)(=O)Cc2ccccc2)CC1)c1nc(C2CC2)no1. The summed E-state index contributed by atoms with van der Waals surface area (Å²) < 4.78 is 32.4. The maximum absolute atomic E-state index is 12.9. The van der Waals surface area contributed by atoms with Gasteiger partial charge in [0.1, 0.15) is 6.04 Å². The summed E-state index contributed by atoms with van der Waals surface area (Å²) in [5.41, 5.74) is 0.771. The van der Waals surface area contributed by atoms with Crippen LogP contribution < -0.4 is 5.32 Å². The standard InChI is InChI=1S/C22H30N4O4S/c1-15(2)19(22-24-20(25-30-22)17-8-9-17)23-21(27)18-10-12-26(13-11-18)31(28,29)14-16-6-4-3-5-7-16/h3-7,15,17-19H,8-14H2,1-2H3,(H,23,27). The van der Waals surface area contributed by atoms with E-state index in [0.717, 1.165) is 24.2 Å². The molecule has 0 spiro atoms. The summed E-state index contributed by atoms with van der Waals surface area (Å²) in [7, 11) is -3.40. The Morgan fingerprint density at radius 3 is 2.45 bits per heavy atom. The maximum Gasteiger partial charge on any atom is 0.249 e. The van der Waals surface area contributed by atoms with Gasteiger partial charge in [-0.25, -0.2) is 12.7 Å². The quantitative estimate of drug-likeness (QED) is 0.668. The lowest BCUT2D eigenvalue weighted by atomic mass is 9.95. The van der Waals surface area contributed by atoms with Crippen LogP contribution in [0.1, 0.15) is 68.8 Å². The molecule has 1 N–H and O–H groups in total. The Bertz CT molecular complexity index is 994. The van der Waals surface area contributed by atoms with Gasteiger partial charge >= 0.3 is 0 Å². The first-order valence-corrected chi connectivity index (χ1v) is 12.6. The van der Waals surface area contributed by atoms with Crippen LogP contribution in [0.4, 0.5) is 0 Å². The third-order valence-electron chi connectivity index (χ3n) is 6.04. The van der Waals surface area contributed by atoms with Crippen molar-refractivity contribution in [3.05, 3.63) is 47.6 Å². The second kappa shape index (κ2) is 9.08. The lowest BCUT2D eigenvalue weighted by Gasteiger charge is -2.31. The molecule has 31 heavy (non-hydrogen) atoms. The minimum atomic E-state index is -3.40. The van der Waals surface area contributed by atoms with E-state index in [0.29, 0.717) is 37.7 Å². The van der Waals surface area contributed by atoms with Crippen LogP contribution in [0.5, 0.6) is 0 Å². The second-order valence-electron chi connectivity index (χ2n) is 8.91. The number of nitrogens with zero attached hydrogens (tertiary/aromatic N) is 3. The normalized spacial score (nSPS) is 19.5. The van der Waals surface area contributed by atoms with Crippen molar-refractivity contribution in [2.24, 2.45) is 11.8 Å². The largest absolute Gasteiger partial charge is 0.344 e. The Morgan fingerprint density at radius 1 is 1.16 bits per heavy atom. The average molecular weight is 447 g/mol. The molecule has 1 aromatic carbocycles.